The number of thiophene rings is 1. The number of pyridine rings is 1. The van der Waals surface area contributed by atoms with Gasteiger partial charge in [0.2, 0.25) is 0 Å². The van der Waals surface area contributed by atoms with Gasteiger partial charge in [0, 0.05) is 22.5 Å². The summed E-state index contributed by atoms with van der Waals surface area (Å²) >= 11 is 5.66. The molecule has 0 aliphatic rings. The van der Waals surface area contributed by atoms with Crippen molar-refractivity contribution in [2.24, 2.45) is 0 Å². The van der Waals surface area contributed by atoms with Gasteiger partial charge >= 0.3 is 0 Å². The number of amides is 1. The third kappa shape index (κ3) is 3.58. The van der Waals surface area contributed by atoms with E-state index in [-0.39, 0.29) is 5.91 Å². The molecule has 0 N–H and O–H groups in total. The Morgan fingerprint density at radius 2 is 2.26 bits per heavy atom. The molecule has 19 heavy (non-hydrogen) atoms. The molecule has 2 rings (SSSR count). The van der Waals surface area contributed by atoms with Gasteiger partial charge < -0.3 is 4.90 Å². The maximum Gasteiger partial charge on any atom is 0.264 e. The summed E-state index contributed by atoms with van der Waals surface area (Å²) in [5.41, 5.74) is 1.88. The van der Waals surface area contributed by atoms with Gasteiger partial charge in [-0.15, -0.1) is 24.0 Å². The van der Waals surface area contributed by atoms with Crippen LogP contribution in [0.15, 0.2) is 34.5 Å². The minimum absolute atomic E-state index is 0.0381. The topological polar surface area (TPSA) is 33.2 Å². The van der Waals surface area contributed by atoms with Crippen molar-refractivity contribution >= 4 is 29.9 Å². The number of aryl methyl sites for hydroxylation is 1. The smallest absolute Gasteiger partial charge is 0.264 e. The second kappa shape index (κ2) is 6.21. The zero-order valence-electron chi connectivity index (χ0n) is 11.0. The predicted molar refractivity (Wildman–Crippen MR) is 81.0 cm³/mol. The highest BCUT2D eigenvalue weighted by Gasteiger charge is 2.16. The average molecular weight is 292 g/mol. The van der Waals surface area contributed by atoms with Crippen molar-refractivity contribution in [3.8, 4) is 0 Å². The first-order chi connectivity index (χ1) is 9.10. The number of carbonyl (C=O) groups is 1. The van der Waals surface area contributed by atoms with E-state index in [1.165, 1.54) is 11.3 Å². The second-order valence-corrected chi connectivity index (χ2v) is 5.69. The normalized spacial score (nSPS) is 10.5. The van der Waals surface area contributed by atoms with Gasteiger partial charge in [-0.25, -0.2) is 0 Å². The minimum atomic E-state index is 0.0381. The number of rotatable bonds is 4. The van der Waals surface area contributed by atoms with Crippen molar-refractivity contribution in [1.82, 2.24) is 9.88 Å². The van der Waals surface area contributed by atoms with Gasteiger partial charge in [-0.3, -0.25) is 9.78 Å². The highest BCUT2D eigenvalue weighted by atomic mass is 32.1. The molecule has 0 aromatic carbocycles. The van der Waals surface area contributed by atoms with E-state index in [4.69, 9.17) is 0 Å². The van der Waals surface area contributed by atoms with Gasteiger partial charge in [0.05, 0.1) is 17.1 Å². The van der Waals surface area contributed by atoms with E-state index in [1.54, 1.807) is 4.90 Å². The zero-order chi connectivity index (χ0) is 13.8. The minimum Gasteiger partial charge on any atom is -0.332 e. The van der Waals surface area contributed by atoms with Crippen LogP contribution in [0.25, 0.3) is 0 Å². The summed E-state index contributed by atoms with van der Waals surface area (Å²) in [6.07, 6.45) is 0. The number of hydrogen-bond donors (Lipinski definition) is 1. The molecule has 0 spiro atoms. The summed E-state index contributed by atoms with van der Waals surface area (Å²) in [5, 5.41) is 1.87. The van der Waals surface area contributed by atoms with E-state index >= 15 is 0 Å². The van der Waals surface area contributed by atoms with Crippen LogP contribution in [0.3, 0.4) is 0 Å². The second-order valence-electron chi connectivity index (χ2n) is 4.26. The van der Waals surface area contributed by atoms with Crippen LogP contribution >= 0.6 is 24.0 Å². The van der Waals surface area contributed by atoms with Crippen molar-refractivity contribution in [2.45, 2.75) is 25.3 Å². The number of thiol groups is 1. The van der Waals surface area contributed by atoms with Gasteiger partial charge in [-0.2, -0.15) is 0 Å². The third-order valence-electron chi connectivity index (χ3n) is 2.76. The van der Waals surface area contributed by atoms with Gasteiger partial charge in [-0.05, 0) is 32.0 Å². The van der Waals surface area contributed by atoms with E-state index in [9.17, 15) is 4.79 Å². The maximum absolute atomic E-state index is 12.4. The quantitative estimate of drug-likeness (QED) is 0.876. The summed E-state index contributed by atoms with van der Waals surface area (Å²) in [4.78, 5) is 20.1. The molecular formula is C14H16N2OS2. The Labute approximate surface area is 122 Å². The lowest BCUT2D eigenvalue weighted by molar-refractivity contribution is 0.0755. The number of carbonyl (C=O) groups excluding carboxylic acids is 1. The number of hydrogen-bond acceptors (Lipinski definition) is 4. The lowest BCUT2D eigenvalue weighted by Gasteiger charge is -2.19. The van der Waals surface area contributed by atoms with Crippen molar-refractivity contribution in [3.63, 3.8) is 0 Å². The van der Waals surface area contributed by atoms with E-state index in [1.807, 2.05) is 43.5 Å². The van der Waals surface area contributed by atoms with Crippen molar-refractivity contribution in [1.29, 1.82) is 0 Å². The molecule has 0 unspecified atom stereocenters. The number of nitrogens with zero attached hydrogens (tertiary/aromatic N) is 2. The monoisotopic (exact) mass is 292 g/mol. The summed E-state index contributed by atoms with van der Waals surface area (Å²) < 4.78 is 0. The SMILES string of the molecule is CCN(Cc1cccc(C)n1)C(=O)c1cc(S)cs1. The summed E-state index contributed by atoms with van der Waals surface area (Å²) in [7, 11) is 0. The van der Waals surface area contributed by atoms with Crippen LogP contribution in [0.4, 0.5) is 0 Å². The molecule has 5 heteroatoms. The first kappa shape index (κ1) is 14.1. The van der Waals surface area contributed by atoms with Crippen LogP contribution in [-0.4, -0.2) is 22.3 Å². The van der Waals surface area contributed by atoms with Crippen LogP contribution in [0.1, 0.15) is 28.0 Å². The molecule has 3 nitrogen and oxygen atoms in total. The van der Waals surface area contributed by atoms with Crippen LogP contribution in [0.2, 0.25) is 0 Å². The molecule has 2 aromatic rings. The van der Waals surface area contributed by atoms with Crippen molar-refractivity contribution in [2.75, 3.05) is 6.54 Å². The van der Waals surface area contributed by atoms with Crippen LogP contribution < -0.4 is 0 Å². The molecule has 100 valence electrons. The number of aromatic nitrogens is 1. The Balaban J connectivity index is 2.14. The molecule has 0 radical (unpaired) electrons. The molecule has 0 fully saturated rings. The molecule has 1 amide bonds. The summed E-state index contributed by atoms with van der Waals surface area (Å²) in [6, 6.07) is 7.67. The molecule has 0 atom stereocenters. The molecule has 0 saturated heterocycles. The Morgan fingerprint density at radius 3 is 2.84 bits per heavy atom. The molecular weight excluding hydrogens is 276 g/mol. The Bertz CT molecular complexity index is 580. The highest BCUT2D eigenvalue weighted by molar-refractivity contribution is 7.80. The van der Waals surface area contributed by atoms with E-state index in [0.29, 0.717) is 13.1 Å². The molecule has 0 aliphatic heterocycles. The van der Waals surface area contributed by atoms with Gasteiger partial charge in [0.15, 0.2) is 0 Å². The van der Waals surface area contributed by atoms with Crippen molar-refractivity contribution < 1.29 is 4.79 Å². The molecule has 0 aliphatic carbocycles. The average Bonchev–Trinajstić information content (AvgIpc) is 2.82. The van der Waals surface area contributed by atoms with Crippen molar-refractivity contribution in [3.05, 3.63) is 45.9 Å². The Morgan fingerprint density at radius 1 is 1.47 bits per heavy atom. The maximum atomic E-state index is 12.4. The lowest BCUT2D eigenvalue weighted by atomic mass is 10.3. The standard InChI is InChI=1S/C14H16N2OS2/c1-3-16(8-11-6-4-5-10(2)15-11)14(17)13-7-12(18)9-19-13/h4-7,9,18H,3,8H2,1-2H3. The van der Waals surface area contributed by atoms with Gasteiger partial charge in [0.25, 0.3) is 5.91 Å². The first-order valence-electron chi connectivity index (χ1n) is 6.09. The third-order valence-corrected chi connectivity index (χ3v) is 4.12. The summed E-state index contributed by atoms with van der Waals surface area (Å²) in [5.74, 6) is 0.0381. The Kier molecular flexibility index (Phi) is 4.61. The Hall–Kier alpha value is -1.33. The highest BCUT2D eigenvalue weighted by Crippen LogP contribution is 2.20. The lowest BCUT2D eigenvalue weighted by Crippen LogP contribution is -2.30. The largest absolute Gasteiger partial charge is 0.332 e. The fourth-order valence-electron chi connectivity index (χ4n) is 1.80. The fraction of sp³-hybridized carbons (Fsp3) is 0.286. The van der Waals surface area contributed by atoms with E-state index < -0.39 is 0 Å². The molecule has 2 heterocycles. The summed E-state index contributed by atoms with van der Waals surface area (Å²) in [6.45, 7) is 5.13. The first-order valence-corrected chi connectivity index (χ1v) is 7.42. The fourth-order valence-corrected chi connectivity index (χ4v) is 2.92. The predicted octanol–water partition coefficient (Wildman–Crippen LogP) is 3.40. The molecule has 0 saturated carbocycles. The van der Waals surface area contributed by atoms with Crippen LogP contribution in [0.5, 0.6) is 0 Å². The van der Waals surface area contributed by atoms with Crippen LogP contribution in [0, 0.1) is 6.92 Å². The van der Waals surface area contributed by atoms with E-state index in [0.717, 1.165) is 21.2 Å². The zero-order valence-corrected chi connectivity index (χ0v) is 12.7. The molecule has 0 bridgehead atoms. The molecule has 2 aromatic heterocycles. The van der Waals surface area contributed by atoms with Gasteiger partial charge in [-0.1, -0.05) is 6.07 Å². The van der Waals surface area contributed by atoms with E-state index in [2.05, 4.69) is 17.6 Å². The van der Waals surface area contributed by atoms with Gasteiger partial charge in [0.1, 0.15) is 0 Å². The van der Waals surface area contributed by atoms with Crippen LogP contribution in [-0.2, 0) is 6.54 Å².